The lowest BCUT2D eigenvalue weighted by molar-refractivity contribution is -0.384. The van der Waals surface area contributed by atoms with Gasteiger partial charge in [-0.15, -0.1) is 0 Å². The van der Waals surface area contributed by atoms with Crippen LogP contribution in [0.25, 0.3) is 10.9 Å². The molecule has 0 amide bonds. The van der Waals surface area contributed by atoms with Crippen molar-refractivity contribution >= 4 is 38.7 Å². The average Bonchev–Trinajstić information content (AvgIpc) is 2.78. The summed E-state index contributed by atoms with van der Waals surface area (Å²) in [6.45, 7) is 7.89. The van der Waals surface area contributed by atoms with Gasteiger partial charge in [0.25, 0.3) is 11.2 Å². The summed E-state index contributed by atoms with van der Waals surface area (Å²) < 4.78 is 7.95. The highest BCUT2D eigenvalue weighted by Gasteiger charge is 2.17. The molecule has 1 heterocycles. The van der Waals surface area contributed by atoms with Gasteiger partial charge in [0.15, 0.2) is 0 Å². The van der Waals surface area contributed by atoms with Crippen molar-refractivity contribution in [3.8, 4) is 5.75 Å². The molecule has 0 aliphatic carbocycles. The SMILES string of the molecule is CC[C@@H](C)c1nc2ccc(Br)cc2c(=O)n1N=Cc1cc([N+](=O)[O-])ccc1O[C@@H](C)CC. The summed E-state index contributed by atoms with van der Waals surface area (Å²) in [5.41, 5.74) is 0.614. The van der Waals surface area contributed by atoms with E-state index in [1.807, 2.05) is 33.8 Å². The summed E-state index contributed by atoms with van der Waals surface area (Å²) in [6.07, 6.45) is 2.88. The van der Waals surface area contributed by atoms with Gasteiger partial charge in [0.2, 0.25) is 0 Å². The van der Waals surface area contributed by atoms with Gasteiger partial charge in [-0.25, -0.2) is 4.98 Å². The molecule has 0 aliphatic heterocycles. The van der Waals surface area contributed by atoms with Gasteiger partial charge < -0.3 is 4.74 Å². The Morgan fingerprint density at radius 1 is 1.22 bits per heavy atom. The smallest absolute Gasteiger partial charge is 0.282 e. The Hall–Kier alpha value is -3.07. The molecule has 32 heavy (non-hydrogen) atoms. The Balaban J connectivity index is 2.19. The lowest BCUT2D eigenvalue weighted by Gasteiger charge is -2.15. The number of nitro benzene ring substituents is 1. The van der Waals surface area contributed by atoms with E-state index in [9.17, 15) is 14.9 Å². The number of non-ortho nitro benzene ring substituents is 1. The van der Waals surface area contributed by atoms with Crippen LogP contribution in [0.1, 0.15) is 57.8 Å². The number of nitrogens with zero attached hydrogens (tertiary/aromatic N) is 4. The third-order valence-corrected chi connectivity index (χ3v) is 5.80. The van der Waals surface area contributed by atoms with Crippen LogP contribution < -0.4 is 10.3 Å². The number of rotatable bonds is 8. The topological polar surface area (TPSA) is 99.6 Å². The second-order valence-corrected chi connectivity index (χ2v) is 8.53. The molecule has 2 aromatic carbocycles. The number of ether oxygens (including phenoxy) is 1. The predicted octanol–water partition coefficient (Wildman–Crippen LogP) is 5.64. The van der Waals surface area contributed by atoms with Crippen LogP contribution in [0.15, 0.2) is 50.8 Å². The van der Waals surface area contributed by atoms with Gasteiger partial charge in [0, 0.05) is 28.1 Å². The zero-order valence-electron chi connectivity index (χ0n) is 18.4. The van der Waals surface area contributed by atoms with E-state index >= 15 is 0 Å². The Bertz CT molecular complexity index is 1240. The molecule has 0 saturated heterocycles. The fraction of sp³-hybridized carbons (Fsp3) is 0.348. The maximum absolute atomic E-state index is 13.3. The largest absolute Gasteiger partial charge is 0.490 e. The minimum atomic E-state index is -0.476. The van der Waals surface area contributed by atoms with E-state index in [1.165, 1.54) is 23.0 Å². The standard InChI is InChI=1S/C23H25BrN4O4/c1-5-14(3)22-26-20-9-7-17(24)12-19(20)23(29)27(22)25-13-16-11-18(28(30)31)8-10-21(16)32-15(4)6-2/h7-15H,5-6H2,1-4H3/t14-,15+/m1/s1. The van der Waals surface area contributed by atoms with E-state index in [0.717, 1.165) is 17.3 Å². The van der Waals surface area contributed by atoms with E-state index in [4.69, 9.17) is 4.74 Å². The van der Waals surface area contributed by atoms with Crippen LogP contribution in [-0.2, 0) is 0 Å². The normalized spacial score (nSPS) is 13.4. The van der Waals surface area contributed by atoms with Crippen LogP contribution in [-0.4, -0.2) is 26.9 Å². The molecule has 0 bridgehead atoms. The molecule has 3 rings (SSSR count). The van der Waals surface area contributed by atoms with Gasteiger partial charge in [0.05, 0.1) is 28.1 Å². The van der Waals surface area contributed by atoms with E-state index < -0.39 is 4.92 Å². The summed E-state index contributed by atoms with van der Waals surface area (Å²) in [4.78, 5) is 28.8. The van der Waals surface area contributed by atoms with Crippen LogP contribution in [0, 0.1) is 10.1 Å². The quantitative estimate of drug-likeness (QED) is 0.226. The molecular weight excluding hydrogens is 476 g/mol. The molecule has 1 aromatic heterocycles. The highest BCUT2D eigenvalue weighted by atomic mass is 79.9. The van der Waals surface area contributed by atoms with Crippen molar-refractivity contribution < 1.29 is 9.66 Å². The monoisotopic (exact) mass is 500 g/mol. The lowest BCUT2D eigenvalue weighted by atomic mass is 10.1. The third-order valence-electron chi connectivity index (χ3n) is 5.31. The van der Waals surface area contributed by atoms with Crippen molar-refractivity contribution in [3.63, 3.8) is 0 Å². The molecule has 3 aromatic rings. The highest BCUT2D eigenvalue weighted by Crippen LogP contribution is 2.25. The predicted molar refractivity (Wildman–Crippen MR) is 129 cm³/mol. The molecule has 168 valence electrons. The second kappa shape index (κ2) is 10.0. The summed E-state index contributed by atoms with van der Waals surface area (Å²) in [5, 5.41) is 16.1. The summed E-state index contributed by atoms with van der Waals surface area (Å²) in [7, 11) is 0. The maximum atomic E-state index is 13.3. The van der Waals surface area contributed by atoms with Crippen LogP contribution >= 0.6 is 15.9 Å². The Labute approximate surface area is 194 Å². The number of hydrogen-bond acceptors (Lipinski definition) is 6. The number of aromatic nitrogens is 2. The van der Waals surface area contributed by atoms with Gasteiger partial charge in [0.1, 0.15) is 11.6 Å². The van der Waals surface area contributed by atoms with E-state index in [2.05, 4.69) is 26.0 Å². The summed E-state index contributed by atoms with van der Waals surface area (Å²) >= 11 is 3.39. The molecule has 8 nitrogen and oxygen atoms in total. The molecule has 0 saturated carbocycles. The van der Waals surface area contributed by atoms with Crippen molar-refractivity contribution in [2.75, 3.05) is 0 Å². The van der Waals surface area contributed by atoms with Crippen LogP contribution in [0.3, 0.4) is 0 Å². The van der Waals surface area contributed by atoms with Crippen LogP contribution in [0.4, 0.5) is 5.69 Å². The number of hydrogen-bond donors (Lipinski definition) is 0. The number of nitro groups is 1. The minimum absolute atomic E-state index is 0.0196. The first kappa shape index (κ1) is 23.6. The van der Waals surface area contributed by atoms with Crippen LogP contribution in [0.2, 0.25) is 0 Å². The maximum Gasteiger partial charge on any atom is 0.282 e. The Kier molecular flexibility index (Phi) is 7.40. The number of halogens is 1. The number of benzene rings is 2. The third kappa shape index (κ3) is 5.04. The second-order valence-electron chi connectivity index (χ2n) is 7.62. The van der Waals surface area contributed by atoms with Crippen LogP contribution in [0.5, 0.6) is 5.75 Å². The molecule has 2 atom stereocenters. The fourth-order valence-corrected chi connectivity index (χ4v) is 3.42. The first-order valence-electron chi connectivity index (χ1n) is 10.5. The number of fused-ring (bicyclic) bond motifs is 1. The zero-order valence-corrected chi connectivity index (χ0v) is 20.0. The lowest BCUT2D eigenvalue weighted by Crippen LogP contribution is -2.23. The van der Waals surface area contributed by atoms with Gasteiger partial charge in [-0.1, -0.05) is 36.7 Å². The zero-order chi connectivity index (χ0) is 23.4. The van der Waals surface area contributed by atoms with Crippen molar-refractivity contribution in [1.82, 2.24) is 9.66 Å². The van der Waals surface area contributed by atoms with E-state index in [0.29, 0.717) is 28.0 Å². The Morgan fingerprint density at radius 3 is 2.62 bits per heavy atom. The van der Waals surface area contributed by atoms with Gasteiger partial charge >= 0.3 is 0 Å². The molecule has 0 unspecified atom stereocenters. The van der Waals surface area contributed by atoms with Crippen molar-refractivity contribution in [3.05, 3.63) is 72.7 Å². The van der Waals surface area contributed by atoms with Crippen molar-refractivity contribution in [2.45, 2.75) is 52.6 Å². The first-order valence-corrected chi connectivity index (χ1v) is 11.3. The minimum Gasteiger partial charge on any atom is -0.490 e. The first-order chi connectivity index (χ1) is 15.2. The van der Waals surface area contributed by atoms with Gasteiger partial charge in [-0.3, -0.25) is 14.9 Å². The highest BCUT2D eigenvalue weighted by molar-refractivity contribution is 9.10. The van der Waals surface area contributed by atoms with Gasteiger partial charge in [-0.05, 0) is 44.0 Å². The van der Waals surface area contributed by atoms with Gasteiger partial charge in [-0.2, -0.15) is 9.78 Å². The molecule has 0 fully saturated rings. The fourth-order valence-electron chi connectivity index (χ4n) is 3.06. The molecule has 0 aliphatic rings. The Morgan fingerprint density at radius 2 is 1.97 bits per heavy atom. The molecule has 9 heteroatoms. The molecule has 0 radical (unpaired) electrons. The average molecular weight is 501 g/mol. The summed E-state index contributed by atoms with van der Waals surface area (Å²) in [6, 6.07) is 9.67. The van der Waals surface area contributed by atoms with Crippen molar-refractivity contribution in [1.29, 1.82) is 0 Å². The van der Waals surface area contributed by atoms with E-state index in [-0.39, 0.29) is 23.3 Å². The van der Waals surface area contributed by atoms with E-state index in [1.54, 1.807) is 18.2 Å². The summed E-state index contributed by atoms with van der Waals surface area (Å²) in [5.74, 6) is 0.968. The molecule has 0 N–H and O–H groups in total. The molecule has 0 spiro atoms. The van der Waals surface area contributed by atoms with Crippen molar-refractivity contribution in [2.24, 2.45) is 5.10 Å². The molecular formula is C23H25BrN4O4.